The van der Waals surface area contributed by atoms with E-state index in [9.17, 15) is 0 Å². The number of benzene rings is 2. The van der Waals surface area contributed by atoms with Gasteiger partial charge in [-0.25, -0.2) is 9.67 Å². The van der Waals surface area contributed by atoms with Crippen LogP contribution in [0.15, 0.2) is 54.7 Å². The Morgan fingerprint density at radius 1 is 0.952 bits per heavy atom. The Labute approximate surface area is 121 Å². The number of anilines is 1. The summed E-state index contributed by atoms with van der Waals surface area (Å²) in [7, 11) is 0. The molecule has 0 bridgehead atoms. The Balaban J connectivity index is 2.09. The van der Waals surface area contributed by atoms with E-state index in [2.05, 4.69) is 23.1 Å². The van der Waals surface area contributed by atoms with E-state index in [1.165, 1.54) is 5.56 Å². The maximum atomic E-state index is 6.06. The normalized spacial score (nSPS) is 11.3. The van der Waals surface area contributed by atoms with Crippen molar-refractivity contribution in [3.63, 3.8) is 0 Å². The number of nitrogens with zero attached hydrogens (tertiary/aromatic N) is 3. The van der Waals surface area contributed by atoms with Gasteiger partial charge in [0.2, 0.25) is 0 Å². The van der Waals surface area contributed by atoms with E-state index in [-0.39, 0.29) is 0 Å². The van der Waals surface area contributed by atoms with E-state index >= 15 is 0 Å². The Bertz CT molecular complexity index is 969. The van der Waals surface area contributed by atoms with Crippen molar-refractivity contribution in [1.82, 2.24) is 14.8 Å². The third-order valence-corrected chi connectivity index (χ3v) is 3.75. The molecule has 0 aliphatic carbocycles. The highest BCUT2D eigenvalue weighted by Crippen LogP contribution is 2.28. The van der Waals surface area contributed by atoms with Crippen LogP contribution in [0.1, 0.15) is 5.56 Å². The zero-order valence-electron chi connectivity index (χ0n) is 11.6. The number of rotatable bonds is 1. The van der Waals surface area contributed by atoms with E-state index < -0.39 is 0 Å². The number of nitrogens with two attached hydrogens (primary N) is 1. The Morgan fingerprint density at radius 2 is 1.71 bits per heavy atom. The summed E-state index contributed by atoms with van der Waals surface area (Å²) in [4.78, 5) is 4.44. The molecule has 0 spiro atoms. The van der Waals surface area contributed by atoms with Crippen molar-refractivity contribution < 1.29 is 0 Å². The summed E-state index contributed by atoms with van der Waals surface area (Å²) in [6, 6.07) is 16.1. The molecule has 4 heteroatoms. The number of hydrogen-bond acceptors (Lipinski definition) is 3. The first-order valence-corrected chi connectivity index (χ1v) is 6.83. The molecule has 4 aromatic rings. The minimum Gasteiger partial charge on any atom is -0.382 e. The van der Waals surface area contributed by atoms with Crippen molar-refractivity contribution in [2.24, 2.45) is 0 Å². The number of aryl methyl sites for hydroxylation is 1. The van der Waals surface area contributed by atoms with Gasteiger partial charge >= 0.3 is 0 Å². The molecule has 21 heavy (non-hydrogen) atoms. The zero-order chi connectivity index (χ0) is 14.4. The highest BCUT2D eigenvalue weighted by atomic mass is 15.3. The van der Waals surface area contributed by atoms with Crippen LogP contribution in [-0.2, 0) is 0 Å². The van der Waals surface area contributed by atoms with E-state index in [1.54, 1.807) is 0 Å². The van der Waals surface area contributed by atoms with Crippen LogP contribution in [-0.4, -0.2) is 14.8 Å². The first-order valence-electron chi connectivity index (χ1n) is 6.83. The monoisotopic (exact) mass is 274 g/mol. The molecule has 0 saturated heterocycles. The molecule has 4 rings (SSSR count). The van der Waals surface area contributed by atoms with E-state index in [0.717, 1.165) is 27.5 Å². The van der Waals surface area contributed by atoms with Crippen LogP contribution in [0.3, 0.4) is 0 Å². The topological polar surface area (TPSA) is 56.7 Å². The smallest absolute Gasteiger partial charge is 0.152 e. The van der Waals surface area contributed by atoms with Gasteiger partial charge in [0.15, 0.2) is 5.82 Å². The second-order valence-electron chi connectivity index (χ2n) is 5.14. The lowest BCUT2D eigenvalue weighted by atomic mass is 10.1. The zero-order valence-corrected chi connectivity index (χ0v) is 11.6. The summed E-state index contributed by atoms with van der Waals surface area (Å²) in [5.74, 6) is 0.469. The van der Waals surface area contributed by atoms with E-state index in [1.807, 2.05) is 53.3 Å². The number of nitrogen functional groups attached to an aromatic ring is 1. The second kappa shape index (κ2) is 4.31. The van der Waals surface area contributed by atoms with Gasteiger partial charge in [0.25, 0.3) is 0 Å². The minimum atomic E-state index is 0.469. The summed E-state index contributed by atoms with van der Waals surface area (Å²) in [5.41, 5.74) is 9.93. The molecule has 0 aliphatic rings. The average molecular weight is 274 g/mol. The molecule has 2 aromatic heterocycles. The van der Waals surface area contributed by atoms with Gasteiger partial charge in [-0.1, -0.05) is 36.4 Å². The first-order chi connectivity index (χ1) is 10.2. The number of fused-ring (bicyclic) bond motifs is 3. The van der Waals surface area contributed by atoms with E-state index in [0.29, 0.717) is 5.82 Å². The van der Waals surface area contributed by atoms with Gasteiger partial charge in [-0.15, -0.1) is 0 Å². The Hall–Kier alpha value is -2.88. The molecule has 2 heterocycles. The fraction of sp³-hybridized carbons (Fsp3) is 0.0588. The summed E-state index contributed by atoms with van der Waals surface area (Å²) >= 11 is 0. The van der Waals surface area contributed by atoms with Crippen LogP contribution < -0.4 is 5.73 Å². The largest absolute Gasteiger partial charge is 0.382 e. The van der Waals surface area contributed by atoms with Crippen molar-refractivity contribution in [2.75, 3.05) is 5.73 Å². The Morgan fingerprint density at radius 3 is 2.57 bits per heavy atom. The predicted octanol–water partition coefficient (Wildman–Crippen LogP) is 3.46. The molecule has 0 radical (unpaired) electrons. The number of hydrogen-bond donors (Lipinski definition) is 1. The van der Waals surface area contributed by atoms with Gasteiger partial charge < -0.3 is 5.73 Å². The SMILES string of the molecule is Cc1ccccc1-n1cc2c(n1)c(N)nc1ccccc12. The van der Waals surface area contributed by atoms with Gasteiger partial charge in [-0.2, -0.15) is 5.10 Å². The molecule has 0 amide bonds. The standard InChI is InChI=1S/C17H14N4/c1-11-6-2-5-9-15(11)21-10-13-12-7-3-4-8-14(12)19-17(18)16(13)20-21/h2-10H,1H3,(H2,18,19). The van der Waals surface area contributed by atoms with Crippen LogP contribution in [0.25, 0.3) is 27.5 Å². The van der Waals surface area contributed by atoms with Crippen molar-refractivity contribution in [1.29, 1.82) is 0 Å². The van der Waals surface area contributed by atoms with Crippen LogP contribution >= 0.6 is 0 Å². The maximum absolute atomic E-state index is 6.06. The molecule has 0 saturated carbocycles. The van der Waals surface area contributed by atoms with Gasteiger partial charge in [-0.3, -0.25) is 0 Å². The summed E-state index contributed by atoms with van der Waals surface area (Å²) in [5, 5.41) is 6.72. The van der Waals surface area contributed by atoms with Gasteiger partial charge in [0, 0.05) is 17.0 Å². The highest BCUT2D eigenvalue weighted by molar-refractivity contribution is 6.07. The lowest BCUT2D eigenvalue weighted by molar-refractivity contribution is 0.888. The summed E-state index contributed by atoms with van der Waals surface area (Å²) < 4.78 is 1.88. The van der Waals surface area contributed by atoms with Crippen molar-refractivity contribution in [3.8, 4) is 5.69 Å². The molecule has 0 fully saturated rings. The van der Waals surface area contributed by atoms with Crippen molar-refractivity contribution >= 4 is 27.6 Å². The van der Waals surface area contributed by atoms with E-state index in [4.69, 9.17) is 5.73 Å². The Kier molecular flexibility index (Phi) is 2.44. The molecular formula is C17H14N4. The van der Waals surface area contributed by atoms with Crippen LogP contribution in [0.5, 0.6) is 0 Å². The van der Waals surface area contributed by atoms with Crippen LogP contribution in [0.2, 0.25) is 0 Å². The molecule has 2 aromatic carbocycles. The van der Waals surface area contributed by atoms with Crippen LogP contribution in [0.4, 0.5) is 5.82 Å². The van der Waals surface area contributed by atoms with Crippen molar-refractivity contribution in [3.05, 3.63) is 60.3 Å². The first kappa shape index (κ1) is 11.9. The van der Waals surface area contributed by atoms with Gasteiger partial charge in [0.05, 0.1) is 11.2 Å². The fourth-order valence-corrected chi connectivity index (χ4v) is 2.69. The molecule has 4 nitrogen and oxygen atoms in total. The lowest BCUT2D eigenvalue weighted by Gasteiger charge is -2.03. The molecular weight excluding hydrogens is 260 g/mol. The summed E-state index contributed by atoms with van der Waals surface area (Å²) in [6.45, 7) is 2.07. The molecule has 0 aliphatic heterocycles. The van der Waals surface area contributed by atoms with Gasteiger partial charge in [0.1, 0.15) is 5.52 Å². The van der Waals surface area contributed by atoms with Crippen molar-refractivity contribution in [2.45, 2.75) is 6.92 Å². The predicted molar refractivity (Wildman–Crippen MR) is 85.5 cm³/mol. The molecule has 0 atom stereocenters. The average Bonchev–Trinajstić information content (AvgIpc) is 2.94. The number of para-hydroxylation sites is 2. The van der Waals surface area contributed by atoms with Gasteiger partial charge in [-0.05, 0) is 24.6 Å². The molecule has 2 N–H and O–H groups in total. The number of aromatic nitrogens is 3. The number of pyridine rings is 1. The molecule has 102 valence electrons. The fourth-order valence-electron chi connectivity index (χ4n) is 2.69. The third-order valence-electron chi connectivity index (χ3n) is 3.75. The quantitative estimate of drug-likeness (QED) is 0.578. The molecule has 0 unspecified atom stereocenters. The second-order valence-corrected chi connectivity index (χ2v) is 5.14. The summed E-state index contributed by atoms with van der Waals surface area (Å²) in [6.07, 6.45) is 2.03. The maximum Gasteiger partial charge on any atom is 0.152 e. The minimum absolute atomic E-state index is 0.469. The third kappa shape index (κ3) is 1.76. The van der Waals surface area contributed by atoms with Crippen LogP contribution in [0, 0.1) is 6.92 Å². The highest BCUT2D eigenvalue weighted by Gasteiger charge is 2.11. The lowest BCUT2D eigenvalue weighted by Crippen LogP contribution is -1.97.